The Morgan fingerprint density at radius 1 is 0.953 bits per heavy atom. The number of sulfonamides is 1. The predicted octanol–water partition coefficient (Wildman–Crippen LogP) is 9.40. The average Bonchev–Trinajstić information content (AvgIpc) is 2.98. The Morgan fingerprint density at radius 2 is 1.56 bits per heavy atom. The number of hydrogen-bond acceptors (Lipinski definition) is 4. The lowest BCUT2D eigenvalue weighted by molar-refractivity contribution is 0.251. The average molecular weight is 612 g/mol. The van der Waals surface area contributed by atoms with Gasteiger partial charge in [0.1, 0.15) is 5.75 Å². The number of aromatic hydroxyl groups is 1. The maximum Gasteiger partial charge on any atom is 0.319 e. The molecule has 2 amide bonds. The molecule has 0 bridgehead atoms. The van der Waals surface area contributed by atoms with E-state index in [-0.39, 0.29) is 10.3 Å². The molecule has 43 heavy (non-hydrogen) atoms. The molecule has 3 rings (SSSR count). The number of aryl methyl sites for hydroxylation is 1. The number of benzene rings is 2. The van der Waals surface area contributed by atoms with Gasteiger partial charge >= 0.3 is 6.03 Å². The number of phenolic OH excluding ortho intramolecular Hbond substituents is 1. The van der Waals surface area contributed by atoms with Crippen LogP contribution in [-0.4, -0.2) is 19.6 Å². The zero-order valence-electron chi connectivity index (χ0n) is 25.9. The molecule has 0 aromatic heterocycles. The first-order chi connectivity index (χ1) is 20.7. The lowest BCUT2D eigenvalue weighted by Crippen LogP contribution is -2.29. The molecule has 2 aromatic carbocycles. The van der Waals surface area contributed by atoms with Gasteiger partial charge in [-0.3, -0.25) is 0 Å². The van der Waals surface area contributed by atoms with E-state index in [4.69, 9.17) is 5.53 Å². The molecule has 0 radical (unpaired) electrons. The van der Waals surface area contributed by atoms with Gasteiger partial charge in [-0.15, -0.1) is 0 Å². The Morgan fingerprint density at radius 3 is 2.16 bits per heavy atom. The minimum absolute atomic E-state index is 0.0786. The third-order valence-electron chi connectivity index (χ3n) is 8.66. The van der Waals surface area contributed by atoms with Crippen LogP contribution in [-0.2, 0) is 28.4 Å². The lowest BCUT2D eigenvalue weighted by atomic mass is 9.70. The van der Waals surface area contributed by atoms with E-state index in [0.29, 0.717) is 18.0 Å². The van der Waals surface area contributed by atoms with Gasteiger partial charge in [-0.25, -0.2) is 13.2 Å². The van der Waals surface area contributed by atoms with E-state index in [2.05, 4.69) is 40.0 Å². The second-order valence-corrected chi connectivity index (χ2v) is 13.8. The van der Waals surface area contributed by atoms with Crippen molar-refractivity contribution in [3.63, 3.8) is 0 Å². The summed E-state index contributed by atoms with van der Waals surface area (Å²) in [6, 6.07) is 9.07. The molecule has 0 saturated heterocycles. The molecule has 9 nitrogen and oxygen atoms in total. The van der Waals surface area contributed by atoms with Crippen molar-refractivity contribution >= 4 is 21.7 Å². The topological polar surface area (TPSA) is 144 Å². The van der Waals surface area contributed by atoms with Crippen molar-refractivity contribution < 1.29 is 18.3 Å². The summed E-state index contributed by atoms with van der Waals surface area (Å²) in [4.78, 5) is 14.9. The summed E-state index contributed by atoms with van der Waals surface area (Å²) in [5.74, 6) is 0.421. The van der Waals surface area contributed by atoms with E-state index in [1.807, 2.05) is 6.07 Å². The smallest absolute Gasteiger partial charge is 0.319 e. The molecule has 2 aromatic rings. The number of carbonyl (C=O) groups excluding carboxylic acids is 1. The highest BCUT2D eigenvalue weighted by Crippen LogP contribution is 2.44. The Balaban J connectivity index is 1.61. The van der Waals surface area contributed by atoms with E-state index in [0.717, 1.165) is 61.6 Å². The molecule has 236 valence electrons. The first-order valence-corrected chi connectivity index (χ1v) is 17.4. The fourth-order valence-electron chi connectivity index (χ4n) is 6.08. The maximum absolute atomic E-state index is 12.7. The molecule has 1 aliphatic carbocycles. The number of urea groups is 1. The van der Waals surface area contributed by atoms with Crippen LogP contribution in [0.5, 0.6) is 5.75 Å². The monoisotopic (exact) mass is 611 g/mol. The van der Waals surface area contributed by atoms with E-state index < -0.39 is 16.1 Å². The van der Waals surface area contributed by atoms with Gasteiger partial charge in [0.2, 0.25) is 0 Å². The highest BCUT2D eigenvalue weighted by molar-refractivity contribution is 7.90. The maximum atomic E-state index is 12.7. The van der Waals surface area contributed by atoms with Gasteiger partial charge in [0, 0.05) is 27.2 Å². The van der Waals surface area contributed by atoms with Crippen LogP contribution < -0.4 is 10.6 Å². The van der Waals surface area contributed by atoms with Gasteiger partial charge in [-0.05, 0) is 78.1 Å². The molecule has 10 heteroatoms. The van der Waals surface area contributed by atoms with Crippen molar-refractivity contribution in [1.29, 1.82) is 0 Å². The van der Waals surface area contributed by atoms with E-state index in [1.54, 1.807) is 0 Å². The quantitative estimate of drug-likeness (QED) is 0.0708. The fraction of sp³-hybridized carbons (Fsp3) is 0.606. The number of nitrogens with one attached hydrogen (secondary N) is 2. The van der Waals surface area contributed by atoms with E-state index in [9.17, 15) is 18.3 Å². The molecule has 1 fully saturated rings. The van der Waals surface area contributed by atoms with Gasteiger partial charge < -0.3 is 15.7 Å². The Labute approximate surface area is 257 Å². The molecule has 3 N–H and O–H groups in total. The van der Waals surface area contributed by atoms with Crippen molar-refractivity contribution in [2.45, 2.75) is 133 Å². The second kappa shape index (κ2) is 17.2. The van der Waals surface area contributed by atoms with E-state index in [1.165, 1.54) is 82.1 Å². The first kappa shape index (κ1) is 34.3. The second-order valence-electron chi connectivity index (χ2n) is 12.2. The number of anilines is 1. The van der Waals surface area contributed by atoms with Crippen LogP contribution in [0.25, 0.3) is 10.4 Å². The Hall–Kier alpha value is -3.23. The van der Waals surface area contributed by atoms with Crippen LogP contribution in [0.15, 0.2) is 45.8 Å². The third kappa shape index (κ3) is 10.8. The minimum Gasteiger partial charge on any atom is -0.507 e. The lowest BCUT2D eigenvalue weighted by Gasteiger charge is -2.35. The number of azide groups is 1. The van der Waals surface area contributed by atoms with Crippen LogP contribution in [0.3, 0.4) is 0 Å². The predicted molar refractivity (Wildman–Crippen MR) is 173 cm³/mol. The van der Waals surface area contributed by atoms with Crippen LogP contribution in [0.2, 0.25) is 0 Å². The number of carbonyl (C=O) groups is 1. The normalized spacial score (nSPS) is 14.6. The van der Waals surface area contributed by atoms with Gasteiger partial charge in [-0.2, -0.15) is 0 Å². The summed E-state index contributed by atoms with van der Waals surface area (Å²) >= 11 is 0. The van der Waals surface area contributed by atoms with E-state index >= 15 is 0 Å². The van der Waals surface area contributed by atoms with Crippen molar-refractivity contribution in [3.05, 3.63) is 63.5 Å². The summed E-state index contributed by atoms with van der Waals surface area (Å²) in [5.41, 5.74) is 11.7. The molecule has 1 aliphatic rings. The van der Waals surface area contributed by atoms with Gasteiger partial charge in [0.05, 0.1) is 4.90 Å². The molecule has 0 aliphatic heterocycles. The van der Waals surface area contributed by atoms with Gasteiger partial charge in [0.15, 0.2) is 0 Å². The van der Waals surface area contributed by atoms with Crippen LogP contribution >= 0.6 is 0 Å². The van der Waals surface area contributed by atoms with Gasteiger partial charge in [0.25, 0.3) is 10.0 Å². The highest BCUT2D eigenvalue weighted by atomic mass is 32.2. The molecule has 0 unspecified atom stereocenters. The van der Waals surface area contributed by atoms with Crippen LogP contribution in [0.4, 0.5) is 10.5 Å². The summed E-state index contributed by atoms with van der Waals surface area (Å²) in [6.45, 7) is 4.79. The van der Waals surface area contributed by atoms with Crippen molar-refractivity contribution in [2.24, 2.45) is 4.52 Å². The summed E-state index contributed by atoms with van der Waals surface area (Å²) in [7, 11) is -4.09. The van der Waals surface area contributed by atoms with Crippen LogP contribution in [0, 0.1) is 0 Å². The highest BCUT2D eigenvalue weighted by Gasteiger charge is 2.32. The molecule has 0 spiro atoms. The molecule has 0 atom stereocenters. The number of unbranched alkanes of at least 4 members (excludes halogenated alkanes) is 9. The molecule has 0 heterocycles. The number of phenols is 1. The molecular weight excluding hydrogens is 562 g/mol. The zero-order valence-corrected chi connectivity index (χ0v) is 26.7. The van der Waals surface area contributed by atoms with Crippen molar-refractivity contribution in [1.82, 2.24) is 5.32 Å². The Bertz CT molecular complexity index is 1330. The fourth-order valence-corrected chi connectivity index (χ4v) is 6.75. The summed E-state index contributed by atoms with van der Waals surface area (Å²) in [5, 5.41) is 17.0. The first-order valence-electron chi connectivity index (χ1n) is 16.0. The SMILES string of the molecule is CCCCCCCCCCCCc1cc(CNC(=O)Nc2ccc(S(=O)(=O)N=[N+]=[N-])cc2)cc(C2(C)CCCCC2)c1O. The standard InChI is InChI=1S/C33H49N5O4S/c1-3-4-5-6-7-8-9-10-11-13-16-27-23-26(24-30(31(27)39)33(2)21-14-12-15-22-33)25-35-32(40)36-28-17-19-29(20-18-28)43(41,42)38-37-34/h17-20,23-24,39H,3-16,21-22,25H2,1-2H3,(H2,35,36,40). The number of rotatable bonds is 17. The van der Waals surface area contributed by atoms with Crippen molar-refractivity contribution in [2.75, 3.05) is 5.32 Å². The Kier molecular flexibility index (Phi) is 13.7. The minimum atomic E-state index is -4.09. The van der Waals surface area contributed by atoms with Gasteiger partial charge in [-0.1, -0.05) is 97.0 Å². The summed E-state index contributed by atoms with van der Waals surface area (Å²) < 4.78 is 26.6. The number of amides is 2. The number of hydrogen-bond donors (Lipinski definition) is 3. The third-order valence-corrected chi connectivity index (χ3v) is 9.82. The number of nitrogens with zero attached hydrogens (tertiary/aromatic N) is 3. The molecule has 1 saturated carbocycles. The summed E-state index contributed by atoms with van der Waals surface area (Å²) in [6.07, 6.45) is 19.0. The van der Waals surface area contributed by atoms with Crippen molar-refractivity contribution in [3.8, 4) is 5.75 Å². The molecular formula is C33H49N5O4S. The van der Waals surface area contributed by atoms with Crippen LogP contribution in [0.1, 0.15) is 127 Å². The largest absolute Gasteiger partial charge is 0.507 e. The zero-order chi connectivity index (χ0) is 31.1.